The van der Waals surface area contributed by atoms with Crippen molar-refractivity contribution in [2.24, 2.45) is 0 Å². The van der Waals surface area contributed by atoms with E-state index in [0.29, 0.717) is 12.2 Å². The molecule has 4 N–H and O–H groups in total. The first-order chi connectivity index (χ1) is 9.00. The van der Waals surface area contributed by atoms with Gasteiger partial charge in [-0.3, -0.25) is 9.89 Å². The predicted molar refractivity (Wildman–Crippen MR) is 80.3 cm³/mol. The molecule has 2 aromatic rings. The van der Waals surface area contributed by atoms with E-state index in [1.54, 1.807) is 11.3 Å². The number of nitrogens with zero attached hydrogens (tertiary/aromatic N) is 1. The number of H-pyrrole nitrogens is 1. The number of aromatic amines is 1. The van der Waals surface area contributed by atoms with Crippen LogP contribution in [0.1, 0.15) is 40.8 Å². The Morgan fingerprint density at radius 2 is 2.37 bits per heavy atom. The van der Waals surface area contributed by atoms with Gasteiger partial charge in [0.25, 0.3) is 5.91 Å². The largest absolute Gasteiger partial charge is 0.395 e. The molecular weight excluding hydrogens is 328 g/mol. The third kappa shape index (κ3) is 2.98. The molecular formula is C12H15BrN4OS. The second kappa shape index (κ2) is 5.75. The molecule has 0 aliphatic heterocycles. The first kappa shape index (κ1) is 14.1. The number of aromatic nitrogens is 2. The molecule has 19 heavy (non-hydrogen) atoms. The maximum Gasteiger partial charge on any atom is 0.274 e. The fourth-order valence-electron chi connectivity index (χ4n) is 1.67. The summed E-state index contributed by atoms with van der Waals surface area (Å²) in [4.78, 5) is 13.1. The summed E-state index contributed by atoms with van der Waals surface area (Å²) in [5.41, 5.74) is 7.41. The Morgan fingerprint density at radius 3 is 2.89 bits per heavy atom. The van der Waals surface area contributed by atoms with E-state index in [-0.39, 0.29) is 17.5 Å². The van der Waals surface area contributed by atoms with Crippen molar-refractivity contribution in [1.29, 1.82) is 0 Å². The lowest BCUT2D eigenvalue weighted by atomic mass is 10.1. The number of nitrogens with two attached hydrogens (primary N) is 1. The van der Waals surface area contributed by atoms with Crippen LogP contribution < -0.4 is 11.1 Å². The highest BCUT2D eigenvalue weighted by molar-refractivity contribution is 9.10. The molecule has 1 amide bonds. The van der Waals surface area contributed by atoms with Crippen LogP contribution in [-0.2, 0) is 6.54 Å². The summed E-state index contributed by atoms with van der Waals surface area (Å²) in [6.45, 7) is 4.45. The smallest absolute Gasteiger partial charge is 0.274 e. The van der Waals surface area contributed by atoms with Crippen LogP contribution in [0.25, 0.3) is 0 Å². The van der Waals surface area contributed by atoms with Crippen molar-refractivity contribution in [3.05, 3.63) is 32.2 Å². The van der Waals surface area contributed by atoms with Gasteiger partial charge >= 0.3 is 0 Å². The number of carbonyl (C=O) groups excluding carboxylic acids is 1. The van der Waals surface area contributed by atoms with E-state index in [9.17, 15) is 4.79 Å². The van der Waals surface area contributed by atoms with E-state index in [1.165, 1.54) is 0 Å². The molecule has 0 spiro atoms. The summed E-state index contributed by atoms with van der Waals surface area (Å²) < 4.78 is 0.996. The SMILES string of the molecule is CC(C)c1[nH]nc(C(=O)NCc2sccc2Br)c1N. The average Bonchev–Trinajstić information content (AvgIpc) is 2.92. The quantitative estimate of drug-likeness (QED) is 0.798. The van der Waals surface area contributed by atoms with Crippen LogP contribution in [0.3, 0.4) is 0 Å². The lowest BCUT2D eigenvalue weighted by Gasteiger charge is -2.04. The Hall–Kier alpha value is -1.34. The van der Waals surface area contributed by atoms with E-state index < -0.39 is 0 Å². The number of anilines is 1. The first-order valence-electron chi connectivity index (χ1n) is 5.84. The van der Waals surface area contributed by atoms with Gasteiger partial charge in [-0.15, -0.1) is 11.3 Å². The Kier molecular flexibility index (Phi) is 4.26. The number of nitrogen functional groups attached to an aromatic ring is 1. The normalized spacial score (nSPS) is 10.9. The van der Waals surface area contributed by atoms with Gasteiger partial charge in [-0.1, -0.05) is 13.8 Å². The minimum atomic E-state index is -0.263. The summed E-state index contributed by atoms with van der Waals surface area (Å²) in [5, 5.41) is 11.6. The van der Waals surface area contributed by atoms with Gasteiger partial charge in [0.05, 0.1) is 17.9 Å². The third-order valence-electron chi connectivity index (χ3n) is 2.73. The highest BCUT2D eigenvalue weighted by Crippen LogP contribution is 2.24. The van der Waals surface area contributed by atoms with Crippen LogP contribution in [-0.4, -0.2) is 16.1 Å². The van der Waals surface area contributed by atoms with E-state index in [2.05, 4.69) is 31.4 Å². The molecule has 0 aliphatic carbocycles. The topological polar surface area (TPSA) is 83.8 Å². The zero-order valence-electron chi connectivity index (χ0n) is 10.7. The Balaban J connectivity index is 2.06. The molecule has 0 radical (unpaired) electrons. The van der Waals surface area contributed by atoms with Gasteiger partial charge in [-0.2, -0.15) is 5.10 Å². The van der Waals surface area contributed by atoms with Crippen molar-refractivity contribution in [2.45, 2.75) is 26.3 Å². The van der Waals surface area contributed by atoms with Gasteiger partial charge in [-0.05, 0) is 33.3 Å². The van der Waals surface area contributed by atoms with Gasteiger partial charge in [0.1, 0.15) is 0 Å². The Morgan fingerprint density at radius 1 is 1.63 bits per heavy atom. The van der Waals surface area contributed by atoms with Crippen LogP contribution in [0.2, 0.25) is 0 Å². The summed E-state index contributed by atoms with van der Waals surface area (Å²) in [7, 11) is 0. The molecule has 0 unspecified atom stereocenters. The van der Waals surface area contributed by atoms with Gasteiger partial charge in [0, 0.05) is 9.35 Å². The van der Waals surface area contributed by atoms with Crippen molar-refractivity contribution in [2.75, 3.05) is 5.73 Å². The summed E-state index contributed by atoms with van der Waals surface area (Å²) in [6.07, 6.45) is 0. The predicted octanol–water partition coefficient (Wildman–Crippen LogP) is 2.87. The highest BCUT2D eigenvalue weighted by atomic mass is 79.9. The fraction of sp³-hybridized carbons (Fsp3) is 0.333. The Labute approximate surface area is 123 Å². The second-order valence-electron chi connectivity index (χ2n) is 4.43. The van der Waals surface area contributed by atoms with Crippen molar-refractivity contribution in [3.8, 4) is 0 Å². The Bertz CT molecular complexity index is 590. The van der Waals surface area contributed by atoms with Gasteiger partial charge < -0.3 is 11.1 Å². The van der Waals surface area contributed by atoms with Crippen molar-refractivity contribution >= 4 is 38.9 Å². The molecule has 0 bridgehead atoms. The standard InChI is InChI=1S/C12H15BrN4OS/c1-6(2)10-9(14)11(17-16-10)12(18)15-5-8-7(13)3-4-19-8/h3-4,6H,5,14H2,1-2H3,(H,15,18)(H,16,17). The number of rotatable bonds is 4. The zero-order valence-corrected chi connectivity index (χ0v) is 13.1. The molecule has 2 rings (SSSR count). The maximum absolute atomic E-state index is 12.0. The van der Waals surface area contributed by atoms with Gasteiger partial charge in [-0.25, -0.2) is 0 Å². The molecule has 2 heterocycles. The van der Waals surface area contributed by atoms with Crippen molar-refractivity contribution in [1.82, 2.24) is 15.5 Å². The number of thiophene rings is 1. The number of nitrogens with one attached hydrogen (secondary N) is 2. The van der Waals surface area contributed by atoms with Crippen LogP contribution >= 0.6 is 27.3 Å². The molecule has 0 atom stereocenters. The van der Waals surface area contributed by atoms with E-state index in [0.717, 1.165) is 15.0 Å². The molecule has 7 heteroatoms. The summed E-state index contributed by atoms with van der Waals surface area (Å²) in [6, 6.07) is 1.95. The van der Waals surface area contributed by atoms with E-state index in [4.69, 9.17) is 5.73 Å². The lowest BCUT2D eigenvalue weighted by Crippen LogP contribution is -2.23. The molecule has 0 fully saturated rings. The molecule has 0 saturated carbocycles. The molecule has 5 nitrogen and oxygen atoms in total. The number of amides is 1. The second-order valence-corrected chi connectivity index (χ2v) is 6.28. The van der Waals surface area contributed by atoms with E-state index in [1.807, 2.05) is 25.3 Å². The molecule has 102 valence electrons. The summed E-state index contributed by atoms with van der Waals surface area (Å²) >= 11 is 5.00. The maximum atomic E-state index is 12.0. The van der Waals surface area contributed by atoms with Crippen molar-refractivity contribution in [3.63, 3.8) is 0 Å². The zero-order chi connectivity index (χ0) is 14.0. The monoisotopic (exact) mass is 342 g/mol. The van der Waals surface area contributed by atoms with Crippen LogP contribution in [0.4, 0.5) is 5.69 Å². The minimum Gasteiger partial charge on any atom is -0.395 e. The number of hydrogen-bond donors (Lipinski definition) is 3. The van der Waals surface area contributed by atoms with Crippen LogP contribution in [0.15, 0.2) is 15.9 Å². The molecule has 0 aliphatic rings. The van der Waals surface area contributed by atoms with Gasteiger partial charge in [0.2, 0.25) is 0 Å². The van der Waals surface area contributed by atoms with Crippen molar-refractivity contribution < 1.29 is 4.79 Å². The van der Waals surface area contributed by atoms with Gasteiger partial charge in [0.15, 0.2) is 5.69 Å². The third-order valence-corrected chi connectivity index (χ3v) is 4.65. The highest BCUT2D eigenvalue weighted by Gasteiger charge is 2.18. The fourth-order valence-corrected chi connectivity index (χ4v) is 3.11. The first-order valence-corrected chi connectivity index (χ1v) is 7.51. The molecule has 0 aromatic carbocycles. The molecule has 0 saturated heterocycles. The van der Waals surface area contributed by atoms with Crippen LogP contribution in [0.5, 0.6) is 0 Å². The summed E-state index contributed by atoms with van der Waals surface area (Å²) in [5.74, 6) is -0.0542. The van der Waals surface area contributed by atoms with Crippen LogP contribution in [0, 0.1) is 0 Å². The molecule has 2 aromatic heterocycles. The number of hydrogen-bond acceptors (Lipinski definition) is 4. The average molecular weight is 343 g/mol. The van der Waals surface area contributed by atoms with E-state index >= 15 is 0 Å². The number of carbonyl (C=O) groups is 1. The minimum absolute atomic E-state index is 0.209. The number of halogens is 1. The lowest BCUT2D eigenvalue weighted by molar-refractivity contribution is 0.0947.